The molecule has 1 saturated carbocycles. The molecule has 0 spiro atoms. The number of aliphatic hydroxyl groups is 1. The van der Waals surface area contributed by atoms with Crippen molar-refractivity contribution in [3.63, 3.8) is 0 Å². The Kier molecular flexibility index (Phi) is 9.10. The summed E-state index contributed by atoms with van der Waals surface area (Å²) in [7, 11) is 0. The molecule has 22 heavy (non-hydrogen) atoms. The molecule has 2 N–H and O–H groups in total. The number of unbranched alkanes of at least 4 members (excludes halogenated alkanes) is 3. The highest BCUT2D eigenvalue weighted by molar-refractivity contribution is 8.00. The fourth-order valence-electron chi connectivity index (χ4n) is 2.83. The Balaban J connectivity index is 2.24. The highest BCUT2D eigenvalue weighted by Crippen LogP contribution is 2.36. The molecule has 0 aliphatic heterocycles. The molecule has 0 radical (unpaired) electrons. The Labute approximate surface area is 138 Å². The number of aliphatic hydroxyl groups excluding tert-OH is 1. The summed E-state index contributed by atoms with van der Waals surface area (Å²) in [6, 6.07) is 0. The topological polar surface area (TPSA) is 74.6 Å². The van der Waals surface area contributed by atoms with Gasteiger partial charge in [-0.25, -0.2) is 0 Å². The van der Waals surface area contributed by atoms with E-state index < -0.39 is 5.97 Å². The van der Waals surface area contributed by atoms with Crippen molar-refractivity contribution in [1.29, 1.82) is 0 Å². The standard InChI is InChI=1S/C17H30O4S/c1-12(2)15(19)11-22-16-10-9-14(18)13(16)7-5-3-4-6-8-17(20)21/h12-13,15-16,19H,3-11H2,1-2H3,(H,20,21). The lowest BCUT2D eigenvalue weighted by molar-refractivity contribution is -0.137. The first-order valence-electron chi connectivity index (χ1n) is 8.46. The summed E-state index contributed by atoms with van der Waals surface area (Å²) in [5, 5.41) is 18.9. The highest BCUT2D eigenvalue weighted by Gasteiger charge is 2.34. The third-order valence-corrected chi connectivity index (χ3v) is 5.97. The normalized spacial score (nSPS) is 23.2. The zero-order valence-electron chi connectivity index (χ0n) is 13.8. The molecule has 1 rings (SSSR count). The van der Waals surface area contributed by atoms with E-state index in [4.69, 9.17) is 5.11 Å². The average molecular weight is 330 g/mol. The van der Waals surface area contributed by atoms with Gasteiger partial charge < -0.3 is 10.2 Å². The highest BCUT2D eigenvalue weighted by atomic mass is 32.2. The van der Waals surface area contributed by atoms with Gasteiger partial charge in [0, 0.05) is 29.8 Å². The second-order valence-corrected chi connectivity index (χ2v) is 7.91. The van der Waals surface area contributed by atoms with Crippen LogP contribution in [0.25, 0.3) is 0 Å². The Morgan fingerprint density at radius 3 is 2.59 bits per heavy atom. The van der Waals surface area contributed by atoms with Gasteiger partial charge in [-0.2, -0.15) is 11.8 Å². The van der Waals surface area contributed by atoms with Gasteiger partial charge in [0.25, 0.3) is 0 Å². The maximum atomic E-state index is 12.0. The van der Waals surface area contributed by atoms with Gasteiger partial charge in [-0.1, -0.05) is 33.1 Å². The average Bonchev–Trinajstić information content (AvgIpc) is 2.80. The van der Waals surface area contributed by atoms with Crippen LogP contribution in [0.3, 0.4) is 0 Å². The molecule has 1 fully saturated rings. The van der Waals surface area contributed by atoms with Crippen LogP contribution in [0.15, 0.2) is 0 Å². The van der Waals surface area contributed by atoms with Crippen LogP contribution < -0.4 is 0 Å². The van der Waals surface area contributed by atoms with Gasteiger partial charge in [0.1, 0.15) is 5.78 Å². The van der Waals surface area contributed by atoms with Crippen LogP contribution >= 0.6 is 11.8 Å². The third kappa shape index (κ3) is 7.14. The summed E-state index contributed by atoms with van der Waals surface area (Å²) >= 11 is 1.76. The van der Waals surface area contributed by atoms with Gasteiger partial charge in [-0.05, 0) is 25.2 Å². The van der Waals surface area contributed by atoms with E-state index in [1.165, 1.54) is 0 Å². The molecule has 0 aromatic carbocycles. The van der Waals surface area contributed by atoms with E-state index in [9.17, 15) is 14.7 Å². The second kappa shape index (κ2) is 10.3. The number of aliphatic carboxylic acids is 1. The zero-order chi connectivity index (χ0) is 16.5. The third-order valence-electron chi connectivity index (χ3n) is 4.44. The molecule has 0 aromatic rings. The summed E-state index contributed by atoms with van der Waals surface area (Å²) < 4.78 is 0. The van der Waals surface area contributed by atoms with Crippen molar-refractivity contribution in [2.75, 3.05) is 5.75 Å². The fraction of sp³-hybridized carbons (Fsp3) is 0.882. The predicted molar refractivity (Wildman–Crippen MR) is 90.2 cm³/mol. The minimum absolute atomic E-state index is 0.142. The van der Waals surface area contributed by atoms with Crippen LogP contribution in [0.2, 0.25) is 0 Å². The molecule has 1 aliphatic rings. The lowest BCUT2D eigenvalue weighted by Gasteiger charge is -2.21. The van der Waals surface area contributed by atoms with Crippen LogP contribution in [0.1, 0.15) is 65.2 Å². The number of carbonyl (C=O) groups is 2. The monoisotopic (exact) mass is 330 g/mol. The molecule has 4 nitrogen and oxygen atoms in total. The number of Topliss-reactive ketones (excluding diaryl/α,β-unsaturated/α-hetero) is 1. The number of ketones is 1. The first-order valence-corrected chi connectivity index (χ1v) is 9.51. The maximum absolute atomic E-state index is 12.0. The number of carboxylic acid groups (broad SMARTS) is 1. The molecule has 0 bridgehead atoms. The molecule has 3 unspecified atom stereocenters. The van der Waals surface area contributed by atoms with Gasteiger partial charge in [0.05, 0.1) is 6.10 Å². The number of rotatable bonds is 11. The van der Waals surface area contributed by atoms with Crippen molar-refractivity contribution in [1.82, 2.24) is 0 Å². The molecule has 3 atom stereocenters. The molecule has 1 aliphatic carbocycles. The van der Waals surface area contributed by atoms with Crippen molar-refractivity contribution in [3.05, 3.63) is 0 Å². The Morgan fingerprint density at radius 2 is 1.95 bits per heavy atom. The lowest BCUT2D eigenvalue weighted by Crippen LogP contribution is -2.22. The summed E-state index contributed by atoms with van der Waals surface area (Å²) in [5.41, 5.74) is 0. The van der Waals surface area contributed by atoms with Crippen LogP contribution in [-0.4, -0.2) is 39.1 Å². The Bertz CT molecular complexity index is 357. The summed E-state index contributed by atoms with van der Waals surface area (Å²) in [6.07, 6.45) is 6.15. The summed E-state index contributed by atoms with van der Waals surface area (Å²) in [5.74, 6) is 0.763. The number of carboxylic acids is 1. The van der Waals surface area contributed by atoms with Gasteiger partial charge in [-0.3, -0.25) is 9.59 Å². The van der Waals surface area contributed by atoms with Crippen molar-refractivity contribution in [2.45, 2.75) is 76.6 Å². The van der Waals surface area contributed by atoms with Gasteiger partial charge >= 0.3 is 5.97 Å². The molecular weight excluding hydrogens is 300 g/mol. The molecule has 128 valence electrons. The Hall–Kier alpha value is -0.550. The SMILES string of the molecule is CC(C)C(O)CSC1CCC(=O)C1CCCCCCC(=O)O. The minimum Gasteiger partial charge on any atom is -0.481 e. The molecule has 0 heterocycles. The van der Waals surface area contributed by atoms with Crippen molar-refractivity contribution < 1.29 is 19.8 Å². The predicted octanol–water partition coefficient (Wildman–Crippen LogP) is 3.51. The molecular formula is C17H30O4S. The molecule has 0 saturated heterocycles. The molecule has 5 heteroatoms. The van der Waals surface area contributed by atoms with Crippen molar-refractivity contribution in [2.24, 2.45) is 11.8 Å². The number of hydrogen-bond donors (Lipinski definition) is 2. The van der Waals surface area contributed by atoms with Crippen LogP contribution in [-0.2, 0) is 9.59 Å². The van der Waals surface area contributed by atoms with Crippen LogP contribution in [0, 0.1) is 11.8 Å². The molecule has 0 aromatic heterocycles. The van der Waals surface area contributed by atoms with E-state index in [-0.39, 0.29) is 24.4 Å². The number of thioether (sulfide) groups is 1. The number of carbonyl (C=O) groups excluding carboxylic acids is 1. The van der Waals surface area contributed by atoms with Crippen molar-refractivity contribution >= 4 is 23.5 Å². The van der Waals surface area contributed by atoms with E-state index in [2.05, 4.69) is 0 Å². The van der Waals surface area contributed by atoms with Gasteiger partial charge in [-0.15, -0.1) is 0 Å². The van der Waals surface area contributed by atoms with E-state index in [0.29, 0.717) is 23.2 Å². The van der Waals surface area contributed by atoms with E-state index in [1.54, 1.807) is 11.8 Å². The lowest BCUT2D eigenvalue weighted by atomic mass is 9.98. The van der Waals surface area contributed by atoms with E-state index in [1.807, 2.05) is 13.8 Å². The maximum Gasteiger partial charge on any atom is 0.303 e. The summed E-state index contributed by atoms with van der Waals surface area (Å²) in [4.78, 5) is 22.5. The quantitative estimate of drug-likeness (QED) is 0.567. The minimum atomic E-state index is -0.730. The molecule has 0 amide bonds. The fourth-order valence-corrected chi connectivity index (χ4v) is 4.47. The van der Waals surface area contributed by atoms with Gasteiger partial charge in [0.2, 0.25) is 0 Å². The zero-order valence-corrected chi connectivity index (χ0v) is 14.6. The summed E-state index contributed by atoms with van der Waals surface area (Å²) in [6.45, 7) is 4.03. The first-order chi connectivity index (χ1) is 10.4. The van der Waals surface area contributed by atoms with E-state index >= 15 is 0 Å². The Morgan fingerprint density at radius 1 is 1.27 bits per heavy atom. The van der Waals surface area contributed by atoms with Crippen LogP contribution in [0.4, 0.5) is 0 Å². The van der Waals surface area contributed by atoms with Crippen molar-refractivity contribution in [3.8, 4) is 0 Å². The van der Waals surface area contributed by atoms with Gasteiger partial charge in [0.15, 0.2) is 0 Å². The van der Waals surface area contributed by atoms with Crippen LogP contribution in [0.5, 0.6) is 0 Å². The van der Waals surface area contributed by atoms with E-state index in [0.717, 1.165) is 38.5 Å². The number of hydrogen-bond acceptors (Lipinski definition) is 4. The largest absolute Gasteiger partial charge is 0.481 e. The smallest absolute Gasteiger partial charge is 0.303 e. The first kappa shape index (κ1) is 19.5. The second-order valence-electron chi connectivity index (χ2n) is 6.64.